The lowest BCUT2D eigenvalue weighted by atomic mass is 10.1. The molecule has 0 aliphatic heterocycles. The van der Waals surface area contributed by atoms with Crippen LogP contribution in [0, 0.1) is 0 Å². The average Bonchev–Trinajstić information content (AvgIpc) is 1.80. The molecule has 0 aliphatic carbocycles. The maximum absolute atomic E-state index is 7.90. The van der Waals surface area contributed by atoms with Gasteiger partial charge in [-0.3, -0.25) is 5.26 Å². The maximum Gasteiger partial charge on any atom is 0.0819 e. The number of unbranched alkanes of at least 4 members (excludes halogenated alkanes) is 1. The van der Waals surface area contributed by atoms with Gasteiger partial charge < -0.3 is 5.73 Å². The molecular formula is C6H15NO2. The van der Waals surface area contributed by atoms with Gasteiger partial charge in [0.2, 0.25) is 0 Å². The van der Waals surface area contributed by atoms with E-state index in [1.54, 1.807) is 0 Å². The molecule has 0 rings (SSSR count). The lowest BCUT2D eigenvalue weighted by Gasteiger charge is -2.01. The molecule has 0 spiro atoms. The zero-order chi connectivity index (χ0) is 7.11. The zero-order valence-electron chi connectivity index (χ0n) is 5.84. The molecule has 3 heteroatoms. The molecular weight excluding hydrogens is 118 g/mol. The quantitative estimate of drug-likeness (QED) is 0.334. The summed E-state index contributed by atoms with van der Waals surface area (Å²) in [6.07, 6.45) is 2.92. The Kier molecular flexibility index (Phi) is 5.93. The minimum absolute atomic E-state index is 0.267. The van der Waals surface area contributed by atoms with Crippen molar-refractivity contribution in [1.82, 2.24) is 0 Å². The van der Waals surface area contributed by atoms with Crippen LogP contribution in [0.4, 0.5) is 0 Å². The molecule has 0 fully saturated rings. The Morgan fingerprint density at radius 2 is 2.22 bits per heavy atom. The van der Waals surface area contributed by atoms with E-state index in [0.29, 0.717) is 6.61 Å². The summed E-state index contributed by atoms with van der Waals surface area (Å²) in [5, 5.41) is 7.90. The van der Waals surface area contributed by atoms with Crippen molar-refractivity contribution in [3.63, 3.8) is 0 Å². The van der Waals surface area contributed by atoms with Gasteiger partial charge in [0, 0.05) is 6.04 Å². The highest BCUT2D eigenvalue weighted by Crippen LogP contribution is 1.97. The Balaban J connectivity index is 2.75. The molecule has 56 valence electrons. The smallest absolute Gasteiger partial charge is 0.0819 e. The molecule has 0 radical (unpaired) electrons. The third-order valence-corrected chi connectivity index (χ3v) is 1.15. The summed E-state index contributed by atoms with van der Waals surface area (Å²) in [6, 6.07) is 0.267. The molecule has 3 N–H and O–H groups in total. The molecule has 1 atom stereocenters. The van der Waals surface area contributed by atoms with Crippen molar-refractivity contribution in [2.45, 2.75) is 32.2 Å². The molecule has 0 aromatic heterocycles. The van der Waals surface area contributed by atoms with Crippen molar-refractivity contribution in [2.24, 2.45) is 5.73 Å². The van der Waals surface area contributed by atoms with E-state index in [-0.39, 0.29) is 6.04 Å². The van der Waals surface area contributed by atoms with Gasteiger partial charge in [0.05, 0.1) is 6.61 Å². The van der Waals surface area contributed by atoms with Crippen molar-refractivity contribution in [1.29, 1.82) is 0 Å². The van der Waals surface area contributed by atoms with Gasteiger partial charge in [-0.1, -0.05) is 0 Å². The summed E-state index contributed by atoms with van der Waals surface area (Å²) in [5.41, 5.74) is 5.47. The van der Waals surface area contributed by atoms with Crippen molar-refractivity contribution in [2.75, 3.05) is 6.61 Å². The fraction of sp³-hybridized carbons (Fsp3) is 1.00. The summed E-state index contributed by atoms with van der Waals surface area (Å²) in [4.78, 5) is 3.88. The van der Waals surface area contributed by atoms with Crippen LogP contribution in [-0.4, -0.2) is 17.9 Å². The normalized spacial score (nSPS) is 13.7. The fourth-order valence-electron chi connectivity index (χ4n) is 0.633. The Morgan fingerprint density at radius 3 is 2.67 bits per heavy atom. The molecule has 0 saturated heterocycles. The van der Waals surface area contributed by atoms with Crippen LogP contribution < -0.4 is 5.73 Å². The molecule has 0 aromatic carbocycles. The van der Waals surface area contributed by atoms with Crippen molar-refractivity contribution in [3.8, 4) is 0 Å². The molecule has 0 aromatic rings. The highest BCUT2D eigenvalue weighted by molar-refractivity contribution is 4.51. The van der Waals surface area contributed by atoms with E-state index < -0.39 is 0 Å². The monoisotopic (exact) mass is 133 g/mol. The number of hydrogen-bond acceptors (Lipinski definition) is 3. The largest absolute Gasteiger partial charge is 0.328 e. The first-order chi connectivity index (χ1) is 4.27. The summed E-state index contributed by atoms with van der Waals surface area (Å²) in [6.45, 7) is 2.40. The van der Waals surface area contributed by atoms with Gasteiger partial charge in [0.15, 0.2) is 0 Å². The van der Waals surface area contributed by atoms with E-state index in [0.717, 1.165) is 19.3 Å². The predicted molar refractivity (Wildman–Crippen MR) is 36.1 cm³/mol. The lowest BCUT2D eigenvalue weighted by molar-refractivity contribution is -0.242. The van der Waals surface area contributed by atoms with E-state index >= 15 is 0 Å². The molecule has 9 heavy (non-hydrogen) atoms. The van der Waals surface area contributed by atoms with E-state index in [9.17, 15) is 0 Å². The van der Waals surface area contributed by atoms with Crippen LogP contribution in [0.25, 0.3) is 0 Å². The van der Waals surface area contributed by atoms with Crippen molar-refractivity contribution in [3.05, 3.63) is 0 Å². The summed E-state index contributed by atoms with van der Waals surface area (Å²) >= 11 is 0. The van der Waals surface area contributed by atoms with Gasteiger partial charge in [-0.2, -0.15) is 0 Å². The molecule has 0 heterocycles. The predicted octanol–water partition coefficient (Wildman–Crippen LogP) is 0.994. The van der Waals surface area contributed by atoms with Gasteiger partial charge in [0.25, 0.3) is 0 Å². The SMILES string of the molecule is CC(N)CCCCOO. The highest BCUT2D eigenvalue weighted by atomic mass is 17.1. The van der Waals surface area contributed by atoms with E-state index in [1.165, 1.54) is 0 Å². The van der Waals surface area contributed by atoms with Crippen LogP contribution in [-0.2, 0) is 4.89 Å². The third kappa shape index (κ3) is 7.88. The number of hydrogen-bond donors (Lipinski definition) is 2. The molecule has 0 amide bonds. The maximum atomic E-state index is 7.90. The van der Waals surface area contributed by atoms with Crippen LogP contribution in [0.15, 0.2) is 0 Å². The van der Waals surface area contributed by atoms with Crippen LogP contribution in [0.1, 0.15) is 26.2 Å². The van der Waals surface area contributed by atoms with Crippen molar-refractivity contribution >= 4 is 0 Å². The Labute approximate surface area is 55.7 Å². The first-order valence-electron chi connectivity index (χ1n) is 3.29. The van der Waals surface area contributed by atoms with Crippen LogP contribution >= 0.6 is 0 Å². The molecule has 0 bridgehead atoms. The second-order valence-electron chi connectivity index (χ2n) is 2.31. The Morgan fingerprint density at radius 1 is 1.56 bits per heavy atom. The van der Waals surface area contributed by atoms with Gasteiger partial charge in [0.1, 0.15) is 0 Å². The van der Waals surface area contributed by atoms with Gasteiger partial charge >= 0.3 is 0 Å². The number of rotatable bonds is 5. The molecule has 3 nitrogen and oxygen atoms in total. The van der Waals surface area contributed by atoms with Gasteiger partial charge in [-0.05, 0) is 26.2 Å². The van der Waals surface area contributed by atoms with Gasteiger partial charge in [-0.15, -0.1) is 0 Å². The topological polar surface area (TPSA) is 55.5 Å². The zero-order valence-corrected chi connectivity index (χ0v) is 5.84. The third-order valence-electron chi connectivity index (χ3n) is 1.15. The van der Waals surface area contributed by atoms with E-state index in [2.05, 4.69) is 4.89 Å². The fourth-order valence-corrected chi connectivity index (χ4v) is 0.633. The average molecular weight is 133 g/mol. The highest BCUT2D eigenvalue weighted by Gasteiger charge is 1.92. The van der Waals surface area contributed by atoms with E-state index in [4.69, 9.17) is 11.0 Å². The molecule has 0 saturated carbocycles. The second kappa shape index (κ2) is 6.01. The lowest BCUT2D eigenvalue weighted by Crippen LogP contribution is -2.14. The minimum Gasteiger partial charge on any atom is -0.328 e. The Bertz CT molecular complexity index is 57.0. The summed E-state index contributed by atoms with van der Waals surface area (Å²) in [7, 11) is 0. The van der Waals surface area contributed by atoms with Gasteiger partial charge in [-0.25, -0.2) is 4.89 Å². The minimum atomic E-state index is 0.267. The first kappa shape index (κ1) is 8.88. The first-order valence-corrected chi connectivity index (χ1v) is 3.29. The second-order valence-corrected chi connectivity index (χ2v) is 2.31. The van der Waals surface area contributed by atoms with E-state index in [1.807, 2.05) is 6.92 Å². The van der Waals surface area contributed by atoms with Crippen LogP contribution in [0.2, 0.25) is 0 Å². The summed E-state index contributed by atoms with van der Waals surface area (Å²) in [5.74, 6) is 0. The standard InChI is InChI=1S/C6H15NO2/c1-6(7)4-2-3-5-9-8/h6,8H,2-5,7H2,1H3. The van der Waals surface area contributed by atoms with Crippen molar-refractivity contribution < 1.29 is 10.1 Å². The Hall–Kier alpha value is -0.120. The van der Waals surface area contributed by atoms with Crippen LogP contribution in [0.3, 0.4) is 0 Å². The van der Waals surface area contributed by atoms with Crippen LogP contribution in [0.5, 0.6) is 0 Å². The number of nitrogens with two attached hydrogens (primary N) is 1. The summed E-state index contributed by atoms with van der Waals surface area (Å²) < 4.78 is 0. The molecule has 0 aliphatic rings. The molecule has 1 unspecified atom stereocenters.